The molecule has 5 heteroatoms. The van der Waals surface area contributed by atoms with Crippen LogP contribution in [0.25, 0.3) is 16.8 Å². The maximum atomic E-state index is 13.2. The van der Waals surface area contributed by atoms with Gasteiger partial charge in [-0.3, -0.25) is 4.79 Å². The Kier molecular flexibility index (Phi) is 3.93. The van der Waals surface area contributed by atoms with Crippen molar-refractivity contribution in [3.05, 3.63) is 72.3 Å². The highest BCUT2D eigenvalue weighted by Gasteiger charge is 2.19. The fraction of sp³-hybridized carbons (Fsp3) is 0.111. The van der Waals surface area contributed by atoms with Crippen molar-refractivity contribution in [2.75, 3.05) is 14.1 Å². The molecular weight excluding hydrogens is 293 g/mol. The number of carbonyl (C=O) groups is 1. The predicted octanol–water partition coefficient (Wildman–Crippen LogP) is 3.40. The molecule has 0 radical (unpaired) electrons. The molecular formula is C18H16FN3O. The Morgan fingerprint density at radius 1 is 1.17 bits per heavy atom. The van der Waals surface area contributed by atoms with E-state index in [1.54, 1.807) is 33.9 Å². The molecule has 2 aromatic heterocycles. The molecule has 0 spiro atoms. The smallest absolute Gasteiger partial charge is 0.191 e. The van der Waals surface area contributed by atoms with Crippen LogP contribution in [0.15, 0.2) is 60.9 Å². The zero-order valence-electron chi connectivity index (χ0n) is 12.9. The normalized spacial score (nSPS) is 11.3. The molecule has 0 unspecified atom stereocenters. The maximum absolute atomic E-state index is 13.2. The molecule has 0 atom stereocenters. The first kappa shape index (κ1) is 15.0. The maximum Gasteiger partial charge on any atom is 0.191 e. The summed E-state index contributed by atoms with van der Waals surface area (Å²) in [6.07, 6.45) is 5.00. The molecule has 116 valence electrons. The molecule has 0 bridgehead atoms. The van der Waals surface area contributed by atoms with Gasteiger partial charge in [0.05, 0.1) is 11.1 Å². The topological polar surface area (TPSA) is 37.6 Å². The summed E-state index contributed by atoms with van der Waals surface area (Å²) in [7, 11) is 3.70. The molecule has 3 aromatic rings. The molecule has 0 fully saturated rings. The second-order valence-electron chi connectivity index (χ2n) is 5.40. The average Bonchev–Trinajstić information content (AvgIpc) is 2.92. The summed E-state index contributed by atoms with van der Waals surface area (Å²) in [6.45, 7) is 0. The third-order valence-corrected chi connectivity index (χ3v) is 3.43. The second-order valence-corrected chi connectivity index (χ2v) is 5.40. The molecule has 2 heterocycles. The van der Waals surface area contributed by atoms with E-state index in [4.69, 9.17) is 0 Å². The van der Waals surface area contributed by atoms with E-state index >= 15 is 0 Å². The molecule has 0 N–H and O–H groups in total. The average molecular weight is 309 g/mol. The van der Waals surface area contributed by atoms with E-state index in [1.165, 1.54) is 18.2 Å². The summed E-state index contributed by atoms with van der Waals surface area (Å²) < 4.78 is 14.8. The first-order chi connectivity index (χ1) is 11.1. The van der Waals surface area contributed by atoms with E-state index in [2.05, 4.69) is 5.10 Å². The molecule has 3 rings (SSSR count). The van der Waals surface area contributed by atoms with Crippen LogP contribution in [0.4, 0.5) is 4.39 Å². The highest BCUT2D eigenvalue weighted by Crippen LogP contribution is 2.27. The lowest BCUT2D eigenvalue weighted by Crippen LogP contribution is -2.03. The van der Waals surface area contributed by atoms with E-state index in [0.29, 0.717) is 16.8 Å². The SMILES string of the molecule is CN(C)/C=C/C(=O)c1c(-c2ccc(F)cc2)nn2ccccc12. The minimum absolute atomic E-state index is 0.140. The fourth-order valence-electron chi connectivity index (χ4n) is 2.35. The lowest BCUT2D eigenvalue weighted by Gasteiger charge is -2.04. The number of hydrogen-bond acceptors (Lipinski definition) is 3. The van der Waals surface area contributed by atoms with Gasteiger partial charge >= 0.3 is 0 Å². The van der Waals surface area contributed by atoms with Crippen molar-refractivity contribution >= 4 is 11.3 Å². The summed E-state index contributed by atoms with van der Waals surface area (Å²) in [5.74, 6) is -0.461. The Balaban J connectivity index is 2.19. The van der Waals surface area contributed by atoms with Crippen molar-refractivity contribution in [1.82, 2.24) is 14.5 Å². The minimum atomic E-state index is -0.321. The zero-order valence-corrected chi connectivity index (χ0v) is 12.9. The van der Waals surface area contributed by atoms with Gasteiger partial charge in [0.15, 0.2) is 5.78 Å². The highest BCUT2D eigenvalue weighted by atomic mass is 19.1. The Labute approximate surface area is 133 Å². The van der Waals surface area contributed by atoms with Crippen LogP contribution in [0.3, 0.4) is 0 Å². The number of nitrogens with zero attached hydrogens (tertiary/aromatic N) is 3. The van der Waals surface area contributed by atoms with Gasteiger partial charge in [0, 0.05) is 38.1 Å². The van der Waals surface area contributed by atoms with Crippen LogP contribution >= 0.6 is 0 Å². The number of carbonyl (C=O) groups excluding carboxylic acids is 1. The molecule has 0 aliphatic carbocycles. The van der Waals surface area contributed by atoms with Crippen molar-refractivity contribution in [3.8, 4) is 11.3 Å². The summed E-state index contributed by atoms with van der Waals surface area (Å²) in [6, 6.07) is 11.5. The van der Waals surface area contributed by atoms with Crippen LogP contribution in [-0.2, 0) is 0 Å². The van der Waals surface area contributed by atoms with Gasteiger partial charge in [0.1, 0.15) is 11.5 Å². The first-order valence-electron chi connectivity index (χ1n) is 7.18. The number of aromatic nitrogens is 2. The van der Waals surface area contributed by atoms with Crippen LogP contribution in [-0.4, -0.2) is 34.4 Å². The molecule has 0 aliphatic heterocycles. The molecule has 1 aromatic carbocycles. The standard InChI is InChI=1S/C18H16FN3O/c1-21(2)12-10-16(23)17-15-5-3-4-11-22(15)20-18(17)13-6-8-14(19)9-7-13/h3-12H,1-2H3/b12-10+. The molecule has 23 heavy (non-hydrogen) atoms. The lowest BCUT2D eigenvalue weighted by molar-refractivity contribution is 0.104. The molecule has 0 saturated heterocycles. The monoisotopic (exact) mass is 309 g/mol. The number of ketones is 1. The quantitative estimate of drug-likeness (QED) is 0.547. The van der Waals surface area contributed by atoms with E-state index < -0.39 is 0 Å². The Bertz CT molecular complexity index is 879. The highest BCUT2D eigenvalue weighted by molar-refractivity contribution is 6.13. The number of pyridine rings is 1. The van der Waals surface area contributed by atoms with Gasteiger partial charge in [-0.05, 0) is 36.4 Å². The number of hydrogen-bond donors (Lipinski definition) is 0. The van der Waals surface area contributed by atoms with Gasteiger partial charge < -0.3 is 4.90 Å². The predicted molar refractivity (Wildman–Crippen MR) is 87.7 cm³/mol. The minimum Gasteiger partial charge on any atom is -0.383 e. The third-order valence-electron chi connectivity index (χ3n) is 3.43. The molecule has 4 nitrogen and oxygen atoms in total. The van der Waals surface area contributed by atoms with Crippen LogP contribution < -0.4 is 0 Å². The van der Waals surface area contributed by atoms with Gasteiger partial charge in [-0.25, -0.2) is 8.91 Å². The number of benzene rings is 1. The molecule has 0 aliphatic rings. The van der Waals surface area contributed by atoms with Crippen molar-refractivity contribution in [2.45, 2.75) is 0 Å². The van der Waals surface area contributed by atoms with Crippen molar-refractivity contribution in [2.24, 2.45) is 0 Å². The van der Waals surface area contributed by atoms with Crippen molar-refractivity contribution < 1.29 is 9.18 Å². The zero-order chi connectivity index (χ0) is 16.4. The third kappa shape index (κ3) is 2.99. The van der Waals surface area contributed by atoms with Crippen LogP contribution in [0.1, 0.15) is 10.4 Å². The first-order valence-corrected chi connectivity index (χ1v) is 7.18. The summed E-state index contributed by atoms with van der Waals surface area (Å²) in [5, 5.41) is 4.49. The number of allylic oxidation sites excluding steroid dienone is 1. The van der Waals surface area contributed by atoms with Gasteiger partial charge in [-0.2, -0.15) is 5.10 Å². The van der Waals surface area contributed by atoms with E-state index in [1.807, 2.05) is 32.3 Å². The van der Waals surface area contributed by atoms with Crippen LogP contribution in [0.5, 0.6) is 0 Å². The Morgan fingerprint density at radius 3 is 2.61 bits per heavy atom. The Hall–Kier alpha value is -2.95. The fourth-order valence-corrected chi connectivity index (χ4v) is 2.35. The lowest BCUT2D eigenvalue weighted by atomic mass is 10.0. The van der Waals surface area contributed by atoms with Gasteiger partial charge in [0.2, 0.25) is 0 Å². The van der Waals surface area contributed by atoms with Crippen LogP contribution in [0, 0.1) is 5.82 Å². The number of fused-ring (bicyclic) bond motifs is 1. The summed E-state index contributed by atoms with van der Waals surface area (Å²) in [4.78, 5) is 14.4. The molecule has 0 saturated carbocycles. The second kappa shape index (κ2) is 6.04. The van der Waals surface area contributed by atoms with Gasteiger partial charge in [0.25, 0.3) is 0 Å². The largest absolute Gasteiger partial charge is 0.383 e. The van der Waals surface area contributed by atoms with Crippen molar-refractivity contribution in [1.29, 1.82) is 0 Å². The number of halogens is 1. The van der Waals surface area contributed by atoms with Gasteiger partial charge in [-0.1, -0.05) is 6.07 Å². The van der Waals surface area contributed by atoms with Crippen molar-refractivity contribution in [3.63, 3.8) is 0 Å². The summed E-state index contributed by atoms with van der Waals surface area (Å²) >= 11 is 0. The Morgan fingerprint density at radius 2 is 1.91 bits per heavy atom. The summed E-state index contributed by atoms with van der Waals surface area (Å²) in [5.41, 5.74) is 2.48. The number of rotatable bonds is 4. The van der Waals surface area contributed by atoms with E-state index in [0.717, 1.165) is 5.52 Å². The van der Waals surface area contributed by atoms with E-state index in [-0.39, 0.29) is 11.6 Å². The van der Waals surface area contributed by atoms with Gasteiger partial charge in [-0.15, -0.1) is 0 Å². The molecule has 0 amide bonds. The van der Waals surface area contributed by atoms with E-state index in [9.17, 15) is 9.18 Å². The van der Waals surface area contributed by atoms with Crippen LogP contribution in [0.2, 0.25) is 0 Å².